The van der Waals surface area contributed by atoms with Crippen molar-refractivity contribution in [1.29, 1.82) is 0 Å². The van der Waals surface area contributed by atoms with Crippen molar-refractivity contribution in [3.05, 3.63) is 10.6 Å². The average Bonchev–Trinajstić information content (AvgIpc) is 2.45. The molecule has 0 fully saturated rings. The van der Waals surface area contributed by atoms with Crippen LogP contribution in [-0.2, 0) is 0 Å². The van der Waals surface area contributed by atoms with E-state index in [4.69, 9.17) is 0 Å². The molecule has 0 aliphatic rings. The van der Waals surface area contributed by atoms with E-state index in [0.717, 1.165) is 23.9 Å². The van der Waals surface area contributed by atoms with Gasteiger partial charge in [0.05, 0.1) is 5.69 Å². The molecule has 3 nitrogen and oxygen atoms in total. The molecule has 1 rings (SSSR count). The molecule has 1 aromatic heterocycles. The van der Waals surface area contributed by atoms with E-state index in [0.29, 0.717) is 0 Å². The Balaban J connectivity index is 2.44. The van der Waals surface area contributed by atoms with Crippen LogP contribution in [0.4, 0.5) is 5.13 Å². The van der Waals surface area contributed by atoms with E-state index in [2.05, 4.69) is 56.9 Å². The topological polar surface area (TPSA) is 28.2 Å². The van der Waals surface area contributed by atoms with Gasteiger partial charge in [-0.3, -0.25) is 0 Å². The zero-order valence-corrected chi connectivity index (χ0v) is 12.0. The van der Waals surface area contributed by atoms with Gasteiger partial charge < -0.3 is 10.2 Å². The van der Waals surface area contributed by atoms with Gasteiger partial charge in [-0.15, -0.1) is 11.3 Å². The Morgan fingerprint density at radius 3 is 2.38 bits per heavy atom. The van der Waals surface area contributed by atoms with Crippen molar-refractivity contribution in [2.45, 2.75) is 40.2 Å². The highest BCUT2D eigenvalue weighted by atomic mass is 32.1. The van der Waals surface area contributed by atoms with E-state index < -0.39 is 0 Å². The third-order valence-electron chi connectivity index (χ3n) is 2.45. The molecule has 0 saturated carbocycles. The van der Waals surface area contributed by atoms with Gasteiger partial charge in [-0.2, -0.15) is 0 Å². The maximum atomic E-state index is 4.54. The predicted octanol–water partition coefficient (Wildman–Crippen LogP) is 2.58. The Kier molecular flexibility index (Phi) is 4.33. The highest BCUT2D eigenvalue weighted by Gasteiger charge is 2.11. The molecule has 0 aliphatic carbocycles. The van der Waals surface area contributed by atoms with Gasteiger partial charge >= 0.3 is 0 Å². The first-order valence-corrected chi connectivity index (χ1v) is 6.51. The molecule has 16 heavy (non-hydrogen) atoms. The molecule has 0 radical (unpaired) electrons. The molecular weight excluding hydrogens is 218 g/mol. The second-order valence-electron chi connectivity index (χ2n) is 5.24. The molecule has 0 aliphatic heterocycles. The van der Waals surface area contributed by atoms with Crippen LogP contribution in [0.25, 0.3) is 0 Å². The molecule has 0 saturated heterocycles. The van der Waals surface area contributed by atoms with Gasteiger partial charge in [0.15, 0.2) is 5.13 Å². The zero-order valence-electron chi connectivity index (χ0n) is 11.2. The standard InChI is InChI=1S/C12H23N3S/c1-9-10(2)16-11(14-9)15(6)8-7-13-12(3,4)5/h13H,7-8H2,1-6H3. The second kappa shape index (κ2) is 5.15. The summed E-state index contributed by atoms with van der Waals surface area (Å²) in [5, 5.41) is 4.60. The maximum absolute atomic E-state index is 4.54. The number of hydrogen-bond acceptors (Lipinski definition) is 4. The summed E-state index contributed by atoms with van der Waals surface area (Å²) >= 11 is 1.77. The van der Waals surface area contributed by atoms with E-state index in [1.807, 2.05) is 0 Å². The molecule has 0 unspecified atom stereocenters. The molecule has 0 aromatic carbocycles. The van der Waals surface area contributed by atoms with E-state index in [1.54, 1.807) is 11.3 Å². The van der Waals surface area contributed by atoms with Crippen molar-refractivity contribution < 1.29 is 0 Å². The van der Waals surface area contributed by atoms with Gasteiger partial charge in [0, 0.05) is 30.6 Å². The van der Waals surface area contributed by atoms with E-state index in [1.165, 1.54) is 4.88 Å². The first-order valence-electron chi connectivity index (χ1n) is 5.70. The molecular formula is C12H23N3S. The summed E-state index contributed by atoms with van der Waals surface area (Å²) in [5.74, 6) is 0. The van der Waals surface area contributed by atoms with Crippen LogP contribution in [0.3, 0.4) is 0 Å². The van der Waals surface area contributed by atoms with Crippen molar-refractivity contribution in [3.63, 3.8) is 0 Å². The van der Waals surface area contributed by atoms with Crippen LogP contribution in [0.1, 0.15) is 31.3 Å². The highest BCUT2D eigenvalue weighted by molar-refractivity contribution is 7.15. The monoisotopic (exact) mass is 241 g/mol. The van der Waals surface area contributed by atoms with Crippen LogP contribution in [0.15, 0.2) is 0 Å². The van der Waals surface area contributed by atoms with Gasteiger partial charge in [-0.05, 0) is 34.6 Å². The minimum atomic E-state index is 0.190. The Morgan fingerprint density at radius 1 is 1.31 bits per heavy atom. The summed E-state index contributed by atoms with van der Waals surface area (Å²) in [6, 6.07) is 0. The summed E-state index contributed by atoms with van der Waals surface area (Å²) in [5.41, 5.74) is 1.34. The number of anilines is 1. The molecule has 0 bridgehead atoms. The number of thiazole rings is 1. The van der Waals surface area contributed by atoms with Gasteiger partial charge in [0.1, 0.15) is 0 Å². The normalized spacial score (nSPS) is 11.9. The molecule has 1 aromatic rings. The highest BCUT2D eigenvalue weighted by Crippen LogP contribution is 2.23. The fourth-order valence-electron chi connectivity index (χ4n) is 1.31. The summed E-state index contributed by atoms with van der Waals surface area (Å²) in [4.78, 5) is 8.06. The lowest BCUT2D eigenvalue weighted by molar-refractivity contribution is 0.431. The quantitative estimate of drug-likeness (QED) is 0.878. The van der Waals surface area contributed by atoms with Crippen molar-refractivity contribution in [3.8, 4) is 0 Å². The lowest BCUT2D eigenvalue weighted by Gasteiger charge is -2.23. The SMILES string of the molecule is Cc1nc(N(C)CCNC(C)(C)C)sc1C. The number of aryl methyl sites for hydroxylation is 2. The van der Waals surface area contributed by atoms with Crippen LogP contribution >= 0.6 is 11.3 Å². The summed E-state index contributed by atoms with van der Waals surface area (Å²) in [6.07, 6.45) is 0. The molecule has 4 heteroatoms. The van der Waals surface area contributed by atoms with E-state index in [9.17, 15) is 0 Å². The molecule has 0 amide bonds. The number of likely N-dealkylation sites (N-methyl/N-ethyl adjacent to an activating group) is 1. The van der Waals surface area contributed by atoms with E-state index >= 15 is 0 Å². The summed E-state index contributed by atoms with van der Waals surface area (Å²) in [7, 11) is 2.10. The minimum Gasteiger partial charge on any atom is -0.350 e. The Bertz CT molecular complexity index is 319. The van der Waals surface area contributed by atoms with Crippen LogP contribution in [0.2, 0.25) is 0 Å². The zero-order chi connectivity index (χ0) is 12.3. The van der Waals surface area contributed by atoms with Crippen molar-refractivity contribution in [2.24, 2.45) is 0 Å². The number of nitrogens with zero attached hydrogens (tertiary/aromatic N) is 2. The third-order valence-corrected chi connectivity index (χ3v) is 3.63. The van der Waals surface area contributed by atoms with Crippen LogP contribution in [0.5, 0.6) is 0 Å². The first kappa shape index (κ1) is 13.5. The van der Waals surface area contributed by atoms with E-state index in [-0.39, 0.29) is 5.54 Å². The van der Waals surface area contributed by atoms with Crippen molar-refractivity contribution in [2.75, 3.05) is 25.0 Å². The summed E-state index contributed by atoms with van der Waals surface area (Å²) in [6.45, 7) is 12.7. The lowest BCUT2D eigenvalue weighted by Crippen LogP contribution is -2.40. The number of nitrogens with one attached hydrogen (secondary N) is 1. The van der Waals surface area contributed by atoms with Gasteiger partial charge in [-0.25, -0.2) is 4.98 Å². The maximum Gasteiger partial charge on any atom is 0.185 e. The number of rotatable bonds is 4. The van der Waals surface area contributed by atoms with Gasteiger partial charge in [0.2, 0.25) is 0 Å². The molecule has 92 valence electrons. The average molecular weight is 241 g/mol. The predicted molar refractivity (Wildman–Crippen MR) is 72.6 cm³/mol. The smallest absolute Gasteiger partial charge is 0.185 e. The van der Waals surface area contributed by atoms with Crippen LogP contribution < -0.4 is 10.2 Å². The van der Waals surface area contributed by atoms with Gasteiger partial charge in [-0.1, -0.05) is 0 Å². The van der Waals surface area contributed by atoms with Gasteiger partial charge in [0.25, 0.3) is 0 Å². The van der Waals surface area contributed by atoms with Crippen LogP contribution in [0, 0.1) is 13.8 Å². The molecule has 1 heterocycles. The van der Waals surface area contributed by atoms with Crippen molar-refractivity contribution in [1.82, 2.24) is 10.3 Å². The fraction of sp³-hybridized carbons (Fsp3) is 0.750. The molecule has 1 N–H and O–H groups in total. The number of aromatic nitrogens is 1. The Labute approximate surface area is 103 Å². The fourth-order valence-corrected chi connectivity index (χ4v) is 2.21. The Morgan fingerprint density at radius 2 is 1.94 bits per heavy atom. The summed E-state index contributed by atoms with van der Waals surface area (Å²) < 4.78 is 0. The number of hydrogen-bond donors (Lipinski definition) is 1. The lowest BCUT2D eigenvalue weighted by atomic mass is 10.1. The first-order chi connectivity index (χ1) is 7.29. The van der Waals surface area contributed by atoms with Crippen LogP contribution in [-0.4, -0.2) is 30.7 Å². The molecule has 0 spiro atoms. The second-order valence-corrected chi connectivity index (χ2v) is 6.42. The third kappa shape index (κ3) is 4.10. The molecule has 0 atom stereocenters. The Hall–Kier alpha value is -0.610. The van der Waals surface area contributed by atoms with Crippen molar-refractivity contribution >= 4 is 16.5 Å². The largest absolute Gasteiger partial charge is 0.350 e. The minimum absolute atomic E-state index is 0.190.